The molecule has 0 radical (unpaired) electrons. The highest BCUT2D eigenvalue weighted by Gasteiger charge is 2.19. The van der Waals surface area contributed by atoms with Gasteiger partial charge in [0.25, 0.3) is 0 Å². The van der Waals surface area contributed by atoms with E-state index < -0.39 is 12.6 Å². The molecule has 0 bridgehead atoms. The van der Waals surface area contributed by atoms with Gasteiger partial charge in [-0.3, -0.25) is 0 Å². The number of carbonyl (C=O) groups excluding carboxylic acids is 1. The number of hydrogen-bond donors (Lipinski definition) is 0. The van der Waals surface area contributed by atoms with Crippen LogP contribution in [-0.2, 0) is 10.2 Å². The molecule has 1 rings (SSSR count). The Morgan fingerprint density at radius 3 is 2.47 bits per heavy atom. The molecule has 15 heavy (non-hydrogen) atoms. The van der Waals surface area contributed by atoms with Crippen molar-refractivity contribution in [3.8, 4) is 5.75 Å². The van der Waals surface area contributed by atoms with Crippen LogP contribution in [0.15, 0.2) is 24.3 Å². The molecule has 3 heteroatoms. The number of esters is 1. The third-order valence-corrected chi connectivity index (χ3v) is 2.03. The minimum Gasteiger partial charge on any atom is -0.424 e. The fraction of sp³-hybridized carbons (Fsp3) is 0.417. The van der Waals surface area contributed by atoms with E-state index in [1.807, 2.05) is 32.9 Å². The summed E-state index contributed by atoms with van der Waals surface area (Å²) in [4.78, 5) is 10.9. The number of carbonyl (C=O) groups is 1. The zero-order valence-electron chi connectivity index (χ0n) is 9.21. The standard InChI is InChI=1S/C12H15FO2/c1-12(2,3)9-6-4-5-7-10(9)15-11(14)8-13/h4-7H,8H2,1-3H3. The normalized spacial score (nSPS) is 11.2. The van der Waals surface area contributed by atoms with Crippen LogP contribution in [0.2, 0.25) is 0 Å². The molecule has 0 atom stereocenters. The van der Waals surface area contributed by atoms with Gasteiger partial charge in [0.15, 0.2) is 6.67 Å². The highest BCUT2D eigenvalue weighted by Crippen LogP contribution is 2.30. The molecule has 0 aliphatic rings. The third-order valence-electron chi connectivity index (χ3n) is 2.03. The molecule has 0 aliphatic carbocycles. The van der Waals surface area contributed by atoms with Crippen LogP contribution >= 0.6 is 0 Å². The Balaban J connectivity index is 3.02. The lowest BCUT2D eigenvalue weighted by Gasteiger charge is -2.21. The van der Waals surface area contributed by atoms with Crippen molar-refractivity contribution in [1.82, 2.24) is 0 Å². The third kappa shape index (κ3) is 3.05. The second kappa shape index (κ2) is 4.43. The predicted octanol–water partition coefficient (Wildman–Crippen LogP) is 2.86. The van der Waals surface area contributed by atoms with Gasteiger partial charge in [-0.15, -0.1) is 0 Å². The predicted molar refractivity (Wildman–Crippen MR) is 56.8 cm³/mol. The van der Waals surface area contributed by atoms with E-state index in [9.17, 15) is 9.18 Å². The summed E-state index contributed by atoms with van der Waals surface area (Å²) in [5.41, 5.74) is 0.763. The summed E-state index contributed by atoms with van der Waals surface area (Å²) in [6, 6.07) is 7.18. The van der Waals surface area contributed by atoms with Crippen LogP contribution in [-0.4, -0.2) is 12.6 Å². The number of hydrogen-bond acceptors (Lipinski definition) is 2. The van der Waals surface area contributed by atoms with Gasteiger partial charge in [0, 0.05) is 5.56 Å². The van der Waals surface area contributed by atoms with Gasteiger partial charge in [0.1, 0.15) is 5.75 Å². The van der Waals surface area contributed by atoms with Gasteiger partial charge in [-0.05, 0) is 11.5 Å². The van der Waals surface area contributed by atoms with Crippen LogP contribution in [0.4, 0.5) is 4.39 Å². The van der Waals surface area contributed by atoms with Crippen molar-refractivity contribution in [2.24, 2.45) is 0 Å². The van der Waals surface area contributed by atoms with E-state index >= 15 is 0 Å². The molecular formula is C12H15FO2. The van der Waals surface area contributed by atoms with E-state index in [2.05, 4.69) is 0 Å². The Labute approximate surface area is 89.1 Å². The zero-order chi connectivity index (χ0) is 11.5. The van der Waals surface area contributed by atoms with Crippen molar-refractivity contribution in [2.45, 2.75) is 26.2 Å². The second-order valence-corrected chi connectivity index (χ2v) is 4.35. The summed E-state index contributed by atoms with van der Waals surface area (Å²) in [6.07, 6.45) is 0. The monoisotopic (exact) mass is 210 g/mol. The number of halogens is 1. The lowest BCUT2D eigenvalue weighted by Crippen LogP contribution is -2.16. The number of ether oxygens (including phenoxy) is 1. The summed E-state index contributed by atoms with van der Waals surface area (Å²) in [5.74, 6) is -0.417. The summed E-state index contributed by atoms with van der Waals surface area (Å²) >= 11 is 0. The molecule has 0 fully saturated rings. The highest BCUT2D eigenvalue weighted by molar-refractivity contribution is 5.74. The minimum absolute atomic E-state index is 0.132. The lowest BCUT2D eigenvalue weighted by atomic mass is 9.86. The first-order valence-electron chi connectivity index (χ1n) is 4.81. The Morgan fingerprint density at radius 1 is 1.33 bits per heavy atom. The Kier molecular flexibility index (Phi) is 3.45. The lowest BCUT2D eigenvalue weighted by molar-refractivity contribution is -0.135. The van der Waals surface area contributed by atoms with Crippen LogP contribution in [0.25, 0.3) is 0 Å². The summed E-state index contributed by atoms with van der Waals surface area (Å²) in [6.45, 7) is 4.93. The molecule has 0 N–H and O–H groups in total. The Morgan fingerprint density at radius 2 is 1.93 bits per heavy atom. The molecule has 0 aromatic heterocycles. The van der Waals surface area contributed by atoms with Gasteiger partial charge in [-0.2, -0.15) is 0 Å². The Bertz CT molecular complexity index is 353. The van der Waals surface area contributed by atoms with Gasteiger partial charge >= 0.3 is 5.97 Å². The van der Waals surface area contributed by atoms with E-state index in [0.29, 0.717) is 5.75 Å². The molecule has 2 nitrogen and oxygen atoms in total. The van der Waals surface area contributed by atoms with E-state index in [-0.39, 0.29) is 5.41 Å². The molecule has 0 spiro atoms. The average molecular weight is 210 g/mol. The number of rotatable bonds is 2. The minimum atomic E-state index is -1.10. The first-order valence-corrected chi connectivity index (χ1v) is 4.81. The van der Waals surface area contributed by atoms with Crippen LogP contribution in [0, 0.1) is 0 Å². The molecule has 1 aromatic rings. The van der Waals surface area contributed by atoms with Gasteiger partial charge in [-0.25, -0.2) is 9.18 Å². The molecule has 0 unspecified atom stereocenters. The number of alkyl halides is 1. The van der Waals surface area contributed by atoms with Crippen molar-refractivity contribution in [3.05, 3.63) is 29.8 Å². The second-order valence-electron chi connectivity index (χ2n) is 4.35. The molecule has 0 heterocycles. The summed E-state index contributed by atoms with van der Waals surface area (Å²) in [5, 5.41) is 0. The smallest absolute Gasteiger partial charge is 0.342 e. The average Bonchev–Trinajstić information content (AvgIpc) is 2.17. The largest absolute Gasteiger partial charge is 0.424 e. The van der Waals surface area contributed by atoms with Crippen LogP contribution in [0.5, 0.6) is 5.75 Å². The van der Waals surface area contributed by atoms with Crippen molar-refractivity contribution >= 4 is 5.97 Å². The highest BCUT2D eigenvalue weighted by atomic mass is 19.1. The SMILES string of the molecule is CC(C)(C)c1ccccc1OC(=O)CF. The maximum Gasteiger partial charge on any atom is 0.342 e. The molecule has 0 saturated carbocycles. The number of para-hydroxylation sites is 1. The van der Waals surface area contributed by atoms with E-state index in [1.165, 1.54) is 0 Å². The van der Waals surface area contributed by atoms with Gasteiger partial charge in [-0.1, -0.05) is 39.0 Å². The Hall–Kier alpha value is -1.38. The summed E-state index contributed by atoms with van der Waals surface area (Å²) in [7, 11) is 0. The van der Waals surface area contributed by atoms with Crippen molar-refractivity contribution in [3.63, 3.8) is 0 Å². The van der Waals surface area contributed by atoms with Crippen molar-refractivity contribution in [1.29, 1.82) is 0 Å². The maximum absolute atomic E-state index is 12.0. The molecule has 1 aromatic carbocycles. The fourth-order valence-corrected chi connectivity index (χ4v) is 1.33. The zero-order valence-corrected chi connectivity index (χ0v) is 9.21. The number of benzene rings is 1. The van der Waals surface area contributed by atoms with E-state index in [0.717, 1.165) is 5.56 Å². The molecule has 0 saturated heterocycles. The van der Waals surface area contributed by atoms with Gasteiger partial charge in [0.2, 0.25) is 0 Å². The summed E-state index contributed by atoms with van der Waals surface area (Å²) < 4.78 is 16.9. The van der Waals surface area contributed by atoms with E-state index in [1.54, 1.807) is 12.1 Å². The maximum atomic E-state index is 12.0. The molecule has 0 amide bonds. The molecular weight excluding hydrogens is 195 g/mol. The first kappa shape index (κ1) is 11.7. The van der Waals surface area contributed by atoms with Crippen LogP contribution in [0.3, 0.4) is 0 Å². The first-order chi connectivity index (χ1) is 6.95. The van der Waals surface area contributed by atoms with Crippen LogP contribution < -0.4 is 4.74 Å². The van der Waals surface area contributed by atoms with E-state index in [4.69, 9.17) is 4.74 Å². The van der Waals surface area contributed by atoms with Crippen molar-refractivity contribution in [2.75, 3.05) is 6.67 Å². The topological polar surface area (TPSA) is 26.3 Å². The van der Waals surface area contributed by atoms with Crippen molar-refractivity contribution < 1.29 is 13.9 Å². The van der Waals surface area contributed by atoms with Crippen LogP contribution in [0.1, 0.15) is 26.3 Å². The van der Waals surface area contributed by atoms with Gasteiger partial charge in [0.05, 0.1) is 0 Å². The molecule has 0 aliphatic heterocycles. The quantitative estimate of drug-likeness (QED) is 0.554. The molecule has 82 valence electrons. The van der Waals surface area contributed by atoms with Gasteiger partial charge < -0.3 is 4.74 Å². The fourth-order valence-electron chi connectivity index (χ4n) is 1.33.